The van der Waals surface area contributed by atoms with Gasteiger partial charge in [-0.05, 0) is 12.0 Å². The predicted octanol–water partition coefficient (Wildman–Crippen LogP) is 0.726. The largest absolute Gasteiger partial charge is 0.393 e. The highest BCUT2D eigenvalue weighted by atomic mass is 32.1. The van der Waals surface area contributed by atoms with E-state index in [1.54, 1.807) is 14.1 Å². The number of carbonyl (C=O) groups is 2. The van der Waals surface area contributed by atoms with E-state index in [1.807, 2.05) is 30.3 Å². The van der Waals surface area contributed by atoms with Gasteiger partial charge in [-0.15, -0.1) is 0 Å². The van der Waals surface area contributed by atoms with Gasteiger partial charge in [-0.1, -0.05) is 42.5 Å². The van der Waals surface area contributed by atoms with Crippen molar-refractivity contribution in [3.05, 3.63) is 35.9 Å². The molecular weight excluding hydrogens is 286 g/mol. The van der Waals surface area contributed by atoms with E-state index in [1.165, 1.54) is 4.90 Å². The fourth-order valence-electron chi connectivity index (χ4n) is 1.81. The van der Waals surface area contributed by atoms with E-state index in [-0.39, 0.29) is 29.8 Å². The summed E-state index contributed by atoms with van der Waals surface area (Å²) < 4.78 is 0. The highest BCUT2D eigenvalue weighted by molar-refractivity contribution is 7.80. The lowest BCUT2D eigenvalue weighted by Gasteiger charge is -2.16. The highest BCUT2D eigenvalue weighted by Gasteiger charge is 2.21. The van der Waals surface area contributed by atoms with Crippen LogP contribution in [0.3, 0.4) is 0 Å². The number of rotatable bonds is 7. The van der Waals surface area contributed by atoms with Gasteiger partial charge in [-0.2, -0.15) is 0 Å². The number of benzene rings is 1. The summed E-state index contributed by atoms with van der Waals surface area (Å²) in [5.41, 5.74) is 6.66. The maximum absolute atomic E-state index is 12.1. The first-order valence-corrected chi connectivity index (χ1v) is 7.13. The van der Waals surface area contributed by atoms with Crippen LogP contribution in [0.15, 0.2) is 30.3 Å². The number of amides is 2. The first-order valence-electron chi connectivity index (χ1n) is 6.73. The van der Waals surface area contributed by atoms with Gasteiger partial charge in [-0.3, -0.25) is 9.59 Å². The van der Waals surface area contributed by atoms with Crippen LogP contribution in [0.4, 0.5) is 0 Å². The minimum atomic E-state index is -0.558. The molecule has 0 aliphatic rings. The van der Waals surface area contributed by atoms with Crippen molar-refractivity contribution in [1.29, 1.82) is 0 Å². The highest BCUT2D eigenvalue weighted by Crippen LogP contribution is 2.09. The Bertz CT molecular complexity index is 503. The lowest BCUT2D eigenvalue weighted by atomic mass is 9.98. The molecule has 0 spiro atoms. The molecule has 1 unspecified atom stereocenters. The average molecular weight is 307 g/mol. The molecule has 0 bridgehead atoms. The minimum Gasteiger partial charge on any atom is -0.393 e. The van der Waals surface area contributed by atoms with Crippen molar-refractivity contribution in [2.75, 3.05) is 20.6 Å². The third-order valence-corrected chi connectivity index (χ3v) is 3.36. The van der Waals surface area contributed by atoms with Crippen LogP contribution in [-0.4, -0.2) is 42.3 Å². The lowest BCUT2D eigenvalue weighted by molar-refractivity contribution is -0.128. The fraction of sp³-hybridized carbons (Fsp3) is 0.400. The zero-order chi connectivity index (χ0) is 15.8. The molecule has 2 amide bonds. The van der Waals surface area contributed by atoms with Gasteiger partial charge < -0.3 is 16.0 Å². The van der Waals surface area contributed by atoms with E-state index in [0.717, 1.165) is 5.56 Å². The number of hydrogen-bond acceptors (Lipinski definition) is 3. The molecular formula is C15H21N3O2S. The van der Waals surface area contributed by atoms with E-state index in [2.05, 4.69) is 5.32 Å². The van der Waals surface area contributed by atoms with Crippen LogP contribution in [0.2, 0.25) is 0 Å². The molecule has 21 heavy (non-hydrogen) atoms. The Morgan fingerprint density at radius 2 is 1.90 bits per heavy atom. The Morgan fingerprint density at radius 1 is 1.29 bits per heavy atom. The van der Waals surface area contributed by atoms with E-state index >= 15 is 0 Å². The lowest BCUT2D eigenvalue weighted by Crippen LogP contribution is -2.40. The number of thiocarbonyl (C=S) groups is 1. The van der Waals surface area contributed by atoms with Gasteiger partial charge in [0.1, 0.15) is 0 Å². The second-order valence-corrected chi connectivity index (χ2v) is 5.45. The van der Waals surface area contributed by atoms with Gasteiger partial charge in [0.25, 0.3) is 0 Å². The van der Waals surface area contributed by atoms with Gasteiger partial charge in [0.15, 0.2) is 0 Å². The molecule has 0 heterocycles. The van der Waals surface area contributed by atoms with Crippen LogP contribution >= 0.6 is 12.2 Å². The minimum absolute atomic E-state index is 0.0368. The van der Waals surface area contributed by atoms with E-state index in [0.29, 0.717) is 6.42 Å². The van der Waals surface area contributed by atoms with E-state index in [9.17, 15) is 9.59 Å². The normalized spacial score (nSPS) is 11.5. The Morgan fingerprint density at radius 3 is 2.43 bits per heavy atom. The molecule has 1 aromatic rings. The molecule has 6 heteroatoms. The maximum atomic E-state index is 12.1. The zero-order valence-corrected chi connectivity index (χ0v) is 13.2. The molecule has 1 atom stereocenters. The van der Waals surface area contributed by atoms with Crippen molar-refractivity contribution in [3.8, 4) is 0 Å². The molecule has 0 saturated carbocycles. The maximum Gasteiger partial charge on any atom is 0.230 e. The number of nitrogens with two attached hydrogens (primary N) is 1. The molecule has 1 rings (SSSR count). The summed E-state index contributed by atoms with van der Waals surface area (Å²) in [6.07, 6.45) is 0.720. The predicted molar refractivity (Wildman–Crippen MR) is 86.7 cm³/mol. The fourth-order valence-corrected chi connectivity index (χ4v) is 2.00. The van der Waals surface area contributed by atoms with Crippen LogP contribution in [0.25, 0.3) is 0 Å². The molecule has 0 saturated heterocycles. The molecule has 0 aliphatic carbocycles. The number of nitrogens with one attached hydrogen (secondary N) is 1. The Labute approximate surface area is 130 Å². The SMILES string of the molecule is CN(C)C(=O)CCNC(=O)C(Cc1ccccc1)C(N)=S. The van der Waals surface area contributed by atoms with E-state index < -0.39 is 5.92 Å². The van der Waals surface area contributed by atoms with Gasteiger partial charge in [0.2, 0.25) is 11.8 Å². The first kappa shape index (κ1) is 17.1. The van der Waals surface area contributed by atoms with Crippen LogP contribution in [0.5, 0.6) is 0 Å². The summed E-state index contributed by atoms with van der Waals surface area (Å²) in [4.78, 5) is 25.2. The number of hydrogen-bond donors (Lipinski definition) is 2. The Kier molecular flexibility index (Phi) is 6.81. The first-order chi connectivity index (χ1) is 9.91. The summed E-state index contributed by atoms with van der Waals surface area (Å²) >= 11 is 4.98. The smallest absolute Gasteiger partial charge is 0.230 e. The topological polar surface area (TPSA) is 75.4 Å². The van der Waals surface area contributed by atoms with Gasteiger partial charge in [0, 0.05) is 27.1 Å². The van der Waals surface area contributed by atoms with Crippen LogP contribution in [0.1, 0.15) is 12.0 Å². The summed E-state index contributed by atoms with van der Waals surface area (Å²) in [6, 6.07) is 9.56. The molecule has 1 aromatic carbocycles. The summed E-state index contributed by atoms with van der Waals surface area (Å²) in [5.74, 6) is -0.833. The third kappa shape index (κ3) is 5.91. The van der Waals surface area contributed by atoms with Crippen molar-refractivity contribution in [2.45, 2.75) is 12.8 Å². The van der Waals surface area contributed by atoms with Crippen LogP contribution < -0.4 is 11.1 Å². The number of nitrogens with zero attached hydrogens (tertiary/aromatic N) is 1. The molecule has 0 aromatic heterocycles. The molecule has 3 N–H and O–H groups in total. The monoisotopic (exact) mass is 307 g/mol. The summed E-state index contributed by atoms with van der Waals surface area (Å²) in [5, 5.41) is 2.72. The van der Waals surface area contributed by atoms with Crippen molar-refractivity contribution < 1.29 is 9.59 Å². The molecule has 0 fully saturated rings. The van der Waals surface area contributed by atoms with Crippen molar-refractivity contribution in [2.24, 2.45) is 11.7 Å². The molecule has 0 aliphatic heterocycles. The summed E-state index contributed by atoms with van der Waals surface area (Å²) in [6.45, 7) is 0.281. The zero-order valence-electron chi connectivity index (χ0n) is 12.3. The quantitative estimate of drug-likeness (QED) is 0.728. The second-order valence-electron chi connectivity index (χ2n) is 4.97. The molecule has 114 valence electrons. The Hall–Kier alpha value is -1.95. The van der Waals surface area contributed by atoms with Crippen LogP contribution in [-0.2, 0) is 16.0 Å². The molecule has 5 nitrogen and oxygen atoms in total. The summed E-state index contributed by atoms with van der Waals surface area (Å²) in [7, 11) is 3.36. The Balaban J connectivity index is 2.54. The van der Waals surface area contributed by atoms with Crippen LogP contribution in [0, 0.1) is 5.92 Å². The second kappa shape index (κ2) is 8.36. The van der Waals surface area contributed by atoms with Gasteiger partial charge in [-0.25, -0.2) is 0 Å². The van der Waals surface area contributed by atoms with Gasteiger partial charge >= 0.3 is 0 Å². The van der Waals surface area contributed by atoms with Gasteiger partial charge in [0.05, 0.1) is 10.9 Å². The number of carbonyl (C=O) groups excluding carboxylic acids is 2. The molecule has 0 radical (unpaired) electrons. The van der Waals surface area contributed by atoms with Crippen molar-refractivity contribution >= 4 is 29.0 Å². The van der Waals surface area contributed by atoms with E-state index in [4.69, 9.17) is 18.0 Å². The third-order valence-electron chi connectivity index (χ3n) is 3.08. The van der Waals surface area contributed by atoms with Crippen molar-refractivity contribution in [3.63, 3.8) is 0 Å². The van der Waals surface area contributed by atoms with Crippen molar-refractivity contribution in [1.82, 2.24) is 10.2 Å². The average Bonchev–Trinajstić information content (AvgIpc) is 2.45. The standard InChI is InChI=1S/C15H21N3O2S/c1-18(2)13(19)8-9-17-15(20)12(14(16)21)10-11-6-4-3-5-7-11/h3-7,12H,8-10H2,1-2H3,(H2,16,21)(H,17,20).